The molecule has 2 aromatic rings. The summed E-state index contributed by atoms with van der Waals surface area (Å²) in [5, 5.41) is 0.552. The van der Waals surface area contributed by atoms with Gasteiger partial charge in [0.05, 0.1) is 0 Å². The summed E-state index contributed by atoms with van der Waals surface area (Å²) >= 11 is 6.33. The van der Waals surface area contributed by atoms with Gasteiger partial charge >= 0.3 is 0 Å². The van der Waals surface area contributed by atoms with E-state index < -0.39 is 0 Å². The Morgan fingerprint density at radius 1 is 1.10 bits per heavy atom. The molecular weight excluding hydrogens is 275 g/mol. The van der Waals surface area contributed by atoms with Crippen molar-refractivity contribution in [2.45, 2.75) is 39.0 Å². The summed E-state index contributed by atoms with van der Waals surface area (Å²) < 4.78 is 13.2. The summed E-state index contributed by atoms with van der Waals surface area (Å²) in [6.45, 7) is 1.86. The van der Waals surface area contributed by atoms with Crippen molar-refractivity contribution in [3.63, 3.8) is 0 Å². The molecule has 3 rings (SSSR count). The highest BCUT2D eigenvalue weighted by Crippen LogP contribution is 2.29. The SMILES string of the molecule is Cc1cc(F)ccc1-c1nc(Cl)c2c(n1)CCCCC2. The predicted octanol–water partition coefficient (Wildman–Crippen LogP) is 4.51. The summed E-state index contributed by atoms with van der Waals surface area (Å²) in [5.41, 5.74) is 3.82. The van der Waals surface area contributed by atoms with E-state index in [0.29, 0.717) is 11.0 Å². The van der Waals surface area contributed by atoms with Crippen LogP contribution in [0.15, 0.2) is 18.2 Å². The summed E-state index contributed by atoms with van der Waals surface area (Å²) in [5.74, 6) is 0.361. The Morgan fingerprint density at radius 3 is 2.70 bits per heavy atom. The van der Waals surface area contributed by atoms with Crippen LogP contribution in [0.1, 0.15) is 36.1 Å². The number of hydrogen-bond acceptors (Lipinski definition) is 2. The van der Waals surface area contributed by atoms with E-state index in [1.807, 2.05) is 6.92 Å². The van der Waals surface area contributed by atoms with Crippen LogP contribution >= 0.6 is 11.6 Å². The topological polar surface area (TPSA) is 25.8 Å². The Balaban J connectivity index is 2.11. The van der Waals surface area contributed by atoms with Crippen LogP contribution in [0.5, 0.6) is 0 Å². The molecule has 104 valence electrons. The summed E-state index contributed by atoms with van der Waals surface area (Å²) in [4.78, 5) is 9.10. The second kappa shape index (κ2) is 5.49. The van der Waals surface area contributed by atoms with Crippen LogP contribution in [0.2, 0.25) is 5.15 Å². The van der Waals surface area contributed by atoms with Gasteiger partial charge in [-0.1, -0.05) is 18.0 Å². The van der Waals surface area contributed by atoms with Gasteiger partial charge in [0.15, 0.2) is 5.82 Å². The molecule has 1 aromatic heterocycles. The second-order valence-electron chi connectivity index (χ2n) is 5.28. The Labute approximate surface area is 123 Å². The fraction of sp³-hybridized carbons (Fsp3) is 0.375. The molecule has 0 aliphatic heterocycles. The van der Waals surface area contributed by atoms with Gasteiger partial charge in [-0.3, -0.25) is 0 Å². The Bertz CT molecular complexity index is 655. The number of benzene rings is 1. The van der Waals surface area contributed by atoms with E-state index in [-0.39, 0.29) is 5.82 Å². The van der Waals surface area contributed by atoms with Crippen molar-refractivity contribution >= 4 is 11.6 Å². The van der Waals surface area contributed by atoms with Crippen molar-refractivity contribution < 1.29 is 4.39 Å². The van der Waals surface area contributed by atoms with Crippen LogP contribution in [0.3, 0.4) is 0 Å². The number of aryl methyl sites for hydroxylation is 2. The number of nitrogens with zero attached hydrogens (tertiary/aromatic N) is 2. The van der Waals surface area contributed by atoms with E-state index in [2.05, 4.69) is 9.97 Å². The van der Waals surface area contributed by atoms with E-state index in [1.54, 1.807) is 6.07 Å². The molecule has 20 heavy (non-hydrogen) atoms. The van der Waals surface area contributed by atoms with Gasteiger partial charge in [0.1, 0.15) is 11.0 Å². The van der Waals surface area contributed by atoms with Gasteiger partial charge in [-0.15, -0.1) is 0 Å². The molecule has 1 aromatic carbocycles. The lowest BCUT2D eigenvalue weighted by atomic mass is 10.1. The average Bonchev–Trinajstić information content (AvgIpc) is 2.64. The average molecular weight is 291 g/mol. The first-order valence-corrected chi connectivity index (χ1v) is 7.35. The molecule has 0 N–H and O–H groups in total. The first kappa shape index (κ1) is 13.5. The molecule has 0 bridgehead atoms. The van der Waals surface area contributed by atoms with Gasteiger partial charge in [-0.2, -0.15) is 0 Å². The van der Waals surface area contributed by atoms with Crippen LogP contribution in [0.25, 0.3) is 11.4 Å². The maximum absolute atomic E-state index is 13.2. The lowest BCUT2D eigenvalue weighted by Gasteiger charge is -2.11. The van der Waals surface area contributed by atoms with E-state index in [1.165, 1.54) is 18.6 Å². The van der Waals surface area contributed by atoms with Gasteiger partial charge in [0.25, 0.3) is 0 Å². The van der Waals surface area contributed by atoms with E-state index in [9.17, 15) is 4.39 Å². The van der Waals surface area contributed by atoms with Crippen molar-refractivity contribution in [1.29, 1.82) is 0 Å². The molecule has 0 unspecified atom stereocenters. The molecule has 0 atom stereocenters. The minimum absolute atomic E-state index is 0.243. The number of halogens is 2. The molecule has 1 aliphatic rings. The van der Waals surface area contributed by atoms with Crippen LogP contribution in [0, 0.1) is 12.7 Å². The molecular formula is C16H16ClFN2. The fourth-order valence-electron chi connectivity index (χ4n) is 2.72. The molecule has 0 spiro atoms. The first-order chi connectivity index (χ1) is 9.65. The molecule has 0 fully saturated rings. The highest BCUT2D eigenvalue weighted by molar-refractivity contribution is 6.30. The van der Waals surface area contributed by atoms with Gasteiger partial charge in [-0.25, -0.2) is 14.4 Å². The van der Waals surface area contributed by atoms with Crippen molar-refractivity contribution in [3.8, 4) is 11.4 Å². The van der Waals surface area contributed by atoms with Crippen LogP contribution in [-0.2, 0) is 12.8 Å². The van der Waals surface area contributed by atoms with Crippen LogP contribution in [-0.4, -0.2) is 9.97 Å². The Kier molecular flexibility index (Phi) is 3.70. The Hall–Kier alpha value is -1.48. The Morgan fingerprint density at radius 2 is 1.90 bits per heavy atom. The molecule has 2 nitrogen and oxygen atoms in total. The van der Waals surface area contributed by atoms with Gasteiger partial charge < -0.3 is 0 Å². The van der Waals surface area contributed by atoms with E-state index in [0.717, 1.165) is 48.1 Å². The zero-order valence-corrected chi connectivity index (χ0v) is 12.2. The lowest BCUT2D eigenvalue weighted by molar-refractivity contribution is 0.627. The number of hydrogen-bond donors (Lipinski definition) is 0. The summed E-state index contributed by atoms with van der Waals surface area (Å²) in [6, 6.07) is 4.66. The highest BCUT2D eigenvalue weighted by Gasteiger charge is 2.17. The number of aromatic nitrogens is 2. The van der Waals surface area contributed by atoms with Gasteiger partial charge in [0.2, 0.25) is 0 Å². The minimum atomic E-state index is -0.243. The largest absolute Gasteiger partial charge is 0.233 e. The number of fused-ring (bicyclic) bond motifs is 1. The quantitative estimate of drug-likeness (QED) is 0.570. The maximum atomic E-state index is 13.2. The predicted molar refractivity (Wildman–Crippen MR) is 78.4 cm³/mol. The third kappa shape index (κ3) is 2.55. The molecule has 1 heterocycles. The second-order valence-corrected chi connectivity index (χ2v) is 5.64. The molecule has 0 saturated carbocycles. The highest BCUT2D eigenvalue weighted by atomic mass is 35.5. The van der Waals surface area contributed by atoms with Crippen molar-refractivity contribution in [2.75, 3.05) is 0 Å². The van der Waals surface area contributed by atoms with Crippen LogP contribution < -0.4 is 0 Å². The monoisotopic (exact) mass is 290 g/mol. The van der Waals surface area contributed by atoms with Gasteiger partial charge in [-0.05, 0) is 56.4 Å². The third-order valence-corrected chi connectivity index (χ3v) is 4.12. The summed E-state index contributed by atoms with van der Waals surface area (Å²) in [7, 11) is 0. The van der Waals surface area contributed by atoms with E-state index >= 15 is 0 Å². The van der Waals surface area contributed by atoms with Crippen molar-refractivity contribution in [3.05, 3.63) is 46.0 Å². The normalized spacial score (nSPS) is 14.8. The lowest BCUT2D eigenvalue weighted by Crippen LogP contribution is -2.03. The number of rotatable bonds is 1. The fourth-order valence-corrected chi connectivity index (χ4v) is 3.01. The van der Waals surface area contributed by atoms with Crippen LogP contribution in [0.4, 0.5) is 4.39 Å². The standard InChI is InChI=1S/C16H16ClFN2/c1-10-9-11(18)7-8-12(10)16-19-14-6-4-2-3-5-13(14)15(17)20-16/h7-9H,2-6H2,1H3. The zero-order valence-electron chi connectivity index (χ0n) is 11.4. The first-order valence-electron chi connectivity index (χ1n) is 6.97. The zero-order chi connectivity index (χ0) is 14.1. The third-order valence-electron chi connectivity index (χ3n) is 3.81. The van der Waals surface area contributed by atoms with Crippen molar-refractivity contribution in [2.24, 2.45) is 0 Å². The molecule has 4 heteroatoms. The molecule has 0 saturated heterocycles. The maximum Gasteiger partial charge on any atom is 0.161 e. The smallest absolute Gasteiger partial charge is 0.161 e. The van der Waals surface area contributed by atoms with E-state index in [4.69, 9.17) is 11.6 Å². The van der Waals surface area contributed by atoms with Crippen molar-refractivity contribution in [1.82, 2.24) is 9.97 Å². The molecule has 0 radical (unpaired) electrons. The summed E-state index contributed by atoms with van der Waals surface area (Å²) in [6.07, 6.45) is 5.40. The molecule has 0 amide bonds. The van der Waals surface area contributed by atoms with Gasteiger partial charge in [0, 0.05) is 16.8 Å². The molecule has 1 aliphatic carbocycles. The minimum Gasteiger partial charge on any atom is -0.233 e.